The summed E-state index contributed by atoms with van der Waals surface area (Å²) in [6, 6.07) is 12.9. The van der Waals surface area contributed by atoms with Crippen LogP contribution in [0.2, 0.25) is 0 Å². The van der Waals surface area contributed by atoms with Crippen molar-refractivity contribution in [1.29, 1.82) is 0 Å². The van der Waals surface area contributed by atoms with Gasteiger partial charge in [0.1, 0.15) is 11.4 Å². The number of rotatable bonds is 5. The van der Waals surface area contributed by atoms with Gasteiger partial charge in [0.25, 0.3) is 11.8 Å². The Balaban J connectivity index is 1.86. The summed E-state index contributed by atoms with van der Waals surface area (Å²) < 4.78 is 5.43. The van der Waals surface area contributed by atoms with Crippen molar-refractivity contribution in [3.05, 3.63) is 64.9 Å². The molecule has 2 aliphatic heterocycles. The fourth-order valence-electron chi connectivity index (χ4n) is 4.42. The summed E-state index contributed by atoms with van der Waals surface area (Å²) in [4.78, 5) is 30.6. The van der Waals surface area contributed by atoms with Crippen molar-refractivity contribution in [3.8, 4) is 5.75 Å². The number of aryl methyl sites for hydroxylation is 2. The second-order valence-corrected chi connectivity index (χ2v) is 8.28. The van der Waals surface area contributed by atoms with Gasteiger partial charge in [-0.1, -0.05) is 30.3 Å². The van der Waals surface area contributed by atoms with Crippen LogP contribution in [0.5, 0.6) is 5.75 Å². The van der Waals surface area contributed by atoms with E-state index < -0.39 is 0 Å². The predicted molar refractivity (Wildman–Crippen MR) is 120 cm³/mol. The van der Waals surface area contributed by atoms with E-state index in [0.717, 1.165) is 29.5 Å². The summed E-state index contributed by atoms with van der Waals surface area (Å²) in [6.07, 6.45) is 1.78. The van der Waals surface area contributed by atoms with Crippen LogP contribution < -0.4 is 9.64 Å². The van der Waals surface area contributed by atoms with Gasteiger partial charge in [-0.2, -0.15) is 0 Å². The van der Waals surface area contributed by atoms with E-state index in [-0.39, 0.29) is 24.3 Å². The summed E-state index contributed by atoms with van der Waals surface area (Å²) in [7, 11) is 1.53. The highest BCUT2D eigenvalue weighted by atomic mass is 16.5. The molecule has 0 saturated carbocycles. The lowest BCUT2D eigenvalue weighted by Crippen LogP contribution is -2.40. The zero-order valence-corrected chi connectivity index (χ0v) is 18.2. The van der Waals surface area contributed by atoms with Crippen molar-refractivity contribution < 1.29 is 19.4 Å². The Kier molecular flexibility index (Phi) is 5.83. The molecule has 0 aromatic heterocycles. The third kappa shape index (κ3) is 3.72. The fourth-order valence-corrected chi connectivity index (χ4v) is 4.42. The lowest BCUT2D eigenvalue weighted by atomic mass is 9.96. The maximum atomic E-state index is 13.7. The highest BCUT2D eigenvalue weighted by molar-refractivity contribution is 6.45. The zero-order valence-electron chi connectivity index (χ0n) is 18.2. The summed E-state index contributed by atoms with van der Waals surface area (Å²) in [5.41, 5.74) is 4.19. The van der Waals surface area contributed by atoms with Gasteiger partial charge in [-0.05, 0) is 61.4 Å². The smallest absolute Gasteiger partial charge is 0.282 e. The fraction of sp³-hybridized carbons (Fsp3) is 0.360. The van der Waals surface area contributed by atoms with Crippen molar-refractivity contribution in [2.45, 2.75) is 26.7 Å². The molecule has 2 heterocycles. The first-order valence-electron chi connectivity index (χ1n) is 10.7. The first-order valence-corrected chi connectivity index (χ1v) is 10.7. The molecule has 1 saturated heterocycles. The number of likely N-dealkylation sites (tertiary alicyclic amines) is 1. The minimum Gasteiger partial charge on any atom is -0.495 e. The predicted octanol–water partition coefficient (Wildman–Crippen LogP) is 3.30. The first-order chi connectivity index (χ1) is 15.0. The third-order valence-electron chi connectivity index (χ3n) is 6.27. The molecule has 1 fully saturated rings. The van der Waals surface area contributed by atoms with E-state index in [9.17, 15) is 14.7 Å². The molecule has 0 bridgehead atoms. The number of imide groups is 1. The van der Waals surface area contributed by atoms with Crippen LogP contribution in [-0.2, 0) is 9.59 Å². The average Bonchev–Trinajstić information content (AvgIpc) is 3.05. The number of benzene rings is 2. The van der Waals surface area contributed by atoms with Crippen molar-refractivity contribution in [2.75, 3.05) is 31.7 Å². The second-order valence-electron chi connectivity index (χ2n) is 8.28. The third-order valence-corrected chi connectivity index (χ3v) is 6.27. The number of aliphatic hydroxyl groups excluding tert-OH is 1. The highest BCUT2D eigenvalue weighted by Crippen LogP contribution is 2.39. The molecule has 6 heteroatoms. The van der Waals surface area contributed by atoms with Gasteiger partial charge in [-0.3, -0.25) is 9.59 Å². The molecule has 2 amide bonds. The molecule has 1 atom stereocenters. The maximum Gasteiger partial charge on any atom is 0.282 e. The summed E-state index contributed by atoms with van der Waals surface area (Å²) in [5, 5.41) is 9.70. The Morgan fingerprint density at radius 3 is 2.55 bits per heavy atom. The monoisotopic (exact) mass is 420 g/mol. The molecule has 2 aromatic carbocycles. The Labute approximate surface area is 182 Å². The molecule has 162 valence electrons. The van der Waals surface area contributed by atoms with Crippen LogP contribution in [0.3, 0.4) is 0 Å². The number of methoxy groups -OCH3 is 1. The zero-order chi connectivity index (χ0) is 22.1. The largest absolute Gasteiger partial charge is 0.495 e. The maximum absolute atomic E-state index is 13.7. The topological polar surface area (TPSA) is 70.1 Å². The van der Waals surface area contributed by atoms with Crippen LogP contribution in [0.15, 0.2) is 48.2 Å². The molecule has 4 rings (SSSR count). The van der Waals surface area contributed by atoms with Crippen LogP contribution in [0, 0.1) is 19.8 Å². The molecule has 0 aliphatic carbocycles. The minimum absolute atomic E-state index is 0.0705. The van der Waals surface area contributed by atoms with Gasteiger partial charge in [0.2, 0.25) is 0 Å². The molecule has 31 heavy (non-hydrogen) atoms. The number of anilines is 1. The normalized spacial score (nSPS) is 19.4. The van der Waals surface area contributed by atoms with Gasteiger partial charge >= 0.3 is 0 Å². The Morgan fingerprint density at radius 1 is 1.06 bits per heavy atom. The van der Waals surface area contributed by atoms with E-state index in [1.807, 2.05) is 43.0 Å². The van der Waals surface area contributed by atoms with Crippen LogP contribution in [0.1, 0.15) is 29.5 Å². The Morgan fingerprint density at radius 2 is 1.84 bits per heavy atom. The molecule has 1 N–H and O–H groups in total. The van der Waals surface area contributed by atoms with Crippen molar-refractivity contribution >= 4 is 23.1 Å². The number of ether oxygens (including phenoxy) is 1. The summed E-state index contributed by atoms with van der Waals surface area (Å²) in [5.74, 6) is -0.137. The SMILES string of the molecule is COc1ccccc1N1C(=O)C(c2ccc(C)c(C)c2)=C(N2CCCC(CO)C2)C1=O. The number of amides is 2. The molecular formula is C25H28N2O4. The van der Waals surface area contributed by atoms with Gasteiger partial charge in [0.15, 0.2) is 0 Å². The standard InChI is InChI=1S/C25H28N2O4/c1-16-10-11-19(13-17(16)2)22-23(26-12-6-7-18(14-26)15-28)25(30)27(24(22)29)20-8-4-5-9-21(20)31-3/h4-5,8-11,13,18,28H,6-7,12,14-15H2,1-3H3. The van der Waals surface area contributed by atoms with Crippen LogP contribution >= 0.6 is 0 Å². The van der Waals surface area contributed by atoms with E-state index >= 15 is 0 Å². The molecular weight excluding hydrogens is 392 g/mol. The van der Waals surface area contributed by atoms with Gasteiger partial charge in [-0.25, -0.2) is 4.90 Å². The quantitative estimate of drug-likeness (QED) is 0.752. The van der Waals surface area contributed by atoms with Gasteiger partial charge in [-0.15, -0.1) is 0 Å². The number of piperidine rings is 1. The molecule has 0 spiro atoms. The van der Waals surface area contributed by atoms with Crippen molar-refractivity contribution in [2.24, 2.45) is 5.92 Å². The van der Waals surface area contributed by atoms with Crippen molar-refractivity contribution in [1.82, 2.24) is 4.90 Å². The molecule has 1 unspecified atom stereocenters. The Hall–Kier alpha value is -3.12. The number of para-hydroxylation sites is 2. The van der Waals surface area contributed by atoms with E-state index in [2.05, 4.69) is 0 Å². The highest BCUT2D eigenvalue weighted by Gasteiger charge is 2.44. The minimum atomic E-state index is -0.348. The summed E-state index contributed by atoms with van der Waals surface area (Å²) >= 11 is 0. The molecule has 2 aromatic rings. The van der Waals surface area contributed by atoms with E-state index in [1.165, 1.54) is 12.0 Å². The number of hydrogen-bond donors (Lipinski definition) is 1. The second kappa shape index (κ2) is 8.55. The van der Waals surface area contributed by atoms with E-state index in [1.54, 1.807) is 18.2 Å². The van der Waals surface area contributed by atoms with Crippen molar-refractivity contribution in [3.63, 3.8) is 0 Å². The average molecular weight is 421 g/mol. The molecule has 6 nitrogen and oxygen atoms in total. The number of nitrogens with zero attached hydrogens (tertiary/aromatic N) is 2. The van der Waals surface area contributed by atoms with Crippen LogP contribution in [-0.4, -0.2) is 48.6 Å². The molecule has 0 radical (unpaired) electrons. The lowest BCUT2D eigenvalue weighted by Gasteiger charge is -2.34. The lowest BCUT2D eigenvalue weighted by molar-refractivity contribution is -0.120. The summed E-state index contributed by atoms with van der Waals surface area (Å²) in [6.45, 7) is 5.33. The first kappa shape index (κ1) is 21.1. The van der Waals surface area contributed by atoms with E-state index in [4.69, 9.17) is 4.74 Å². The van der Waals surface area contributed by atoms with Gasteiger partial charge in [0.05, 0.1) is 18.4 Å². The number of carbonyl (C=O) groups excluding carboxylic acids is 2. The van der Waals surface area contributed by atoms with Crippen LogP contribution in [0.25, 0.3) is 5.57 Å². The van der Waals surface area contributed by atoms with Gasteiger partial charge in [0, 0.05) is 19.7 Å². The number of aliphatic hydroxyl groups is 1. The number of carbonyl (C=O) groups is 2. The molecule has 2 aliphatic rings. The van der Waals surface area contributed by atoms with E-state index in [0.29, 0.717) is 35.8 Å². The number of hydrogen-bond acceptors (Lipinski definition) is 5. The van der Waals surface area contributed by atoms with Crippen LogP contribution in [0.4, 0.5) is 5.69 Å². The van der Waals surface area contributed by atoms with Gasteiger partial charge < -0.3 is 14.7 Å². The Bertz CT molecular complexity index is 1060.